The first-order valence-electron chi connectivity index (χ1n) is 5.32. The van der Waals surface area contributed by atoms with E-state index in [1.165, 1.54) is 7.11 Å². The molecule has 1 heterocycles. The van der Waals surface area contributed by atoms with Crippen molar-refractivity contribution in [2.45, 2.75) is 26.8 Å². The molecule has 0 aliphatic heterocycles. The summed E-state index contributed by atoms with van der Waals surface area (Å²) in [5.41, 5.74) is 1.01. The summed E-state index contributed by atoms with van der Waals surface area (Å²) < 4.78 is 4.76. The molecule has 0 radical (unpaired) electrons. The van der Waals surface area contributed by atoms with Crippen LogP contribution in [0.3, 0.4) is 0 Å². The van der Waals surface area contributed by atoms with Crippen LogP contribution in [0.4, 0.5) is 5.82 Å². The molecule has 1 aromatic rings. The van der Waals surface area contributed by atoms with Gasteiger partial charge in [0.15, 0.2) is 0 Å². The van der Waals surface area contributed by atoms with Crippen molar-refractivity contribution >= 4 is 11.8 Å². The Kier molecular flexibility index (Phi) is 4.28. The lowest BCUT2D eigenvalue weighted by Crippen LogP contribution is -2.36. The summed E-state index contributed by atoms with van der Waals surface area (Å²) >= 11 is 0. The SMILES string of the molecule is COC(=O)C(Nc1ncccc1C)C(C)C. The van der Waals surface area contributed by atoms with Gasteiger partial charge >= 0.3 is 5.97 Å². The van der Waals surface area contributed by atoms with Crippen LogP contribution in [0.2, 0.25) is 0 Å². The Morgan fingerprint density at radius 3 is 2.69 bits per heavy atom. The van der Waals surface area contributed by atoms with Crippen molar-refractivity contribution in [1.29, 1.82) is 0 Å². The number of carbonyl (C=O) groups excluding carboxylic acids is 1. The molecule has 0 bridgehead atoms. The van der Waals surface area contributed by atoms with Gasteiger partial charge in [-0.05, 0) is 24.5 Å². The lowest BCUT2D eigenvalue weighted by Gasteiger charge is -2.21. The average molecular weight is 222 g/mol. The van der Waals surface area contributed by atoms with Crippen molar-refractivity contribution in [2.24, 2.45) is 5.92 Å². The van der Waals surface area contributed by atoms with Gasteiger partial charge in [0.25, 0.3) is 0 Å². The minimum atomic E-state index is -0.362. The van der Waals surface area contributed by atoms with Gasteiger partial charge in [-0.15, -0.1) is 0 Å². The van der Waals surface area contributed by atoms with E-state index in [0.717, 1.165) is 11.4 Å². The molecule has 1 unspecified atom stereocenters. The molecule has 0 aromatic carbocycles. The lowest BCUT2D eigenvalue weighted by atomic mass is 10.0. The molecular formula is C12H18N2O2. The van der Waals surface area contributed by atoms with Gasteiger partial charge in [0.2, 0.25) is 0 Å². The molecule has 0 fully saturated rings. The largest absolute Gasteiger partial charge is 0.467 e. The van der Waals surface area contributed by atoms with Crippen LogP contribution in [0, 0.1) is 12.8 Å². The highest BCUT2D eigenvalue weighted by Crippen LogP contribution is 2.15. The maximum Gasteiger partial charge on any atom is 0.328 e. The lowest BCUT2D eigenvalue weighted by molar-refractivity contribution is -0.142. The molecule has 1 aromatic heterocycles. The number of hydrogen-bond acceptors (Lipinski definition) is 4. The molecule has 1 atom stereocenters. The second-order valence-corrected chi connectivity index (χ2v) is 4.06. The number of methoxy groups -OCH3 is 1. The summed E-state index contributed by atoms with van der Waals surface area (Å²) in [4.78, 5) is 15.8. The van der Waals surface area contributed by atoms with Gasteiger partial charge in [0, 0.05) is 6.20 Å². The number of hydrogen-bond donors (Lipinski definition) is 1. The van der Waals surface area contributed by atoms with Crippen LogP contribution in [-0.4, -0.2) is 24.1 Å². The summed E-state index contributed by atoms with van der Waals surface area (Å²) in [5, 5.41) is 3.11. The fourth-order valence-electron chi connectivity index (χ4n) is 1.41. The minimum absolute atomic E-state index is 0.147. The number of rotatable bonds is 4. The zero-order valence-electron chi connectivity index (χ0n) is 10.2. The topological polar surface area (TPSA) is 51.2 Å². The van der Waals surface area contributed by atoms with Crippen LogP contribution >= 0.6 is 0 Å². The molecule has 0 aliphatic rings. The van der Waals surface area contributed by atoms with Crippen LogP contribution in [-0.2, 0) is 9.53 Å². The molecule has 1 N–H and O–H groups in total. The Balaban J connectivity index is 2.84. The number of nitrogens with one attached hydrogen (secondary N) is 1. The first kappa shape index (κ1) is 12.5. The summed E-state index contributed by atoms with van der Waals surface area (Å²) in [6, 6.07) is 3.45. The molecule has 0 saturated carbocycles. The monoisotopic (exact) mass is 222 g/mol. The first-order valence-corrected chi connectivity index (χ1v) is 5.32. The number of pyridine rings is 1. The number of aromatic nitrogens is 1. The first-order chi connectivity index (χ1) is 7.56. The third-order valence-electron chi connectivity index (χ3n) is 2.42. The third kappa shape index (κ3) is 2.95. The van der Waals surface area contributed by atoms with Crippen LogP contribution < -0.4 is 5.32 Å². The number of anilines is 1. The molecule has 1 rings (SSSR count). The zero-order valence-corrected chi connectivity index (χ0v) is 10.2. The second-order valence-electron chi connectivity index (χ2n) is 4.06. The molecule has 4 heteroatoms. The van der Waals surface area contributed by atoms with E-state index in [1.807, 2.05) is 32.9 Å². The van der Waals surface area contributed by atoms with E-state index < -0.39 is 0 Å². The van der Waals surface area contributed by atoms with Crippen molar-refractivity contribution in [3.05, 3.63) is 23.9 Å². The molecule has 0 spiro atoms. The van der Waals surface area contributed by atoms with Crippen LogP contribution in [0.1, 0.15) is 19.4 Å². The summed E-state index contributed by atoms with van der Waals surface area (Å²) in [5.74, 6) is 0.612. The van der Waals surface area contributed by atoms with Gasteiger partial charge < -0.3 is 10.1 Å². The summed E-state index contributed by atoms with van der Waals surface area (Å²) in [7, 11) is 1.39. The maximum absolute atomic E-state index is 11.6. The maximum atomic E-state index is 11.6. The second kappa shape index (κ2) is 5.49. The number of carbonyl (C=O) groups is 1. The Hall–Kier alpha value is -1.58. The van der Waals surface area contributed by atoms with Crippen molar-refractivity contribution in [3.8, 4) is 0 Å². The third-order valence-corrected chi connectivity index (χ3v) is 2.42. The summed E-state index contributed by atoms with van der Waals surface area (Å²) in [6.07, 6.45) is 1.70. The van der Waals surface area contributed by atoms with E-state index in [1.54, 1.807) is 6.20 Å². The quantitative estimate of drug-likeness (QED) is 0.792. The van der Waals surface area contributed by atoms with Gasteiger partial charge in [-0.3, -0.25) is 0 Å². The normalized spacial score (nSPS) is 12.3. The Bertz CT molecular complexity index is 364. The van der Waals surface area contributed by atoms with Gasteiger partial charge in [-0.1, -0.05) is 19.9 Å². The van der Waals surface area contributed by atoms with Crippen LogP contribution in [0.15, 0.2) is 18.3 Å². The molecule has 88 valence electrons. The molecular weight excluding hydrogens is 204 g/mol. The number of ether oxygens (including phenoxy) is 1. The number of nitrogens with zero attached hydrogens (tertiary/aromatic N) is 1. The van der Waals surface area contributed by atoms with Crippen molar-refractivity contribution < 1.29 is 9.53 Å². The Morgan fingerprint density at radius 2 is 2.19 bits per heavy atom. The average Bonchev–Trinajstić information content (AvgIpc) is 2.26. The smallest absolute Gasteiger partial charge is 0.328 e. The van der Waals surface area contributed by atoms with Gasteiger partial charge in [0.1, 0.15) is 11.9 Å². The predicted octanol–water partition coefficient (Wildman–Crippen LogP) is 2.00. The van der Waals surface area contributed by atoms with Crippen molar-refractivity contribution in [2.75, 3.05) is 12.4 Å². The Morgan fingerprint density at radius 1 is 1.50 bits per heavy atom. The number of aryl methyl sites for hydroxylation is 1. The van der Waals surface area contributed by atoms with Crippen molar-refractivity contribution in [1.82, 2.24) is 4.98 Å². The molecule has 0 aliphatic carbocycles. The highest BCUT2D eigenvalue weighted by molar-refractivity contribution is 5.79. The van der Waals surface area contributed by atoms with Crippen LogP contribution in [0.5, 0.6) is 0 Å². The fourth-order valence-corrected chi connectivity index (χ4v) is 1.41. The number of esters is 1. The van der Waals surface area contributed by atoms with Crippen molar-refractivity contribution in [3.63, 3.8) is 0 Å². The van der Waals surface area contributed by atoms with E-state index in [9.17, 15) is 4.79 Å². The van der Waals surface area contributed by atoms with E-state index in [-0.39, 0.29) is 17.9 Å². The molecule has 0 saturated heterocycles. The van der Waals surface area contributed by atoms with Gasteiger partial charge in [-0.25, -0.2) is 9.78 Å². The highest BCUT2D eigenvalue weighted by Gasteiger charge is 2.23. The predicted molar refractivity (Wildman–Crippen MR) is 63.2 cm³/mol. The van der Waals surface area contributed by atoms with Gasteiger partial charge in [0.05, 0.1) is 7.11 Å². The van der Waals surface area contributed by atoms with Gasteiger partial charge in [-0.2, -0.15) is 0 Å². The highest BCUT2D eigenvalue weighted by atomic mass is 16.5. The molecule has 0 amide bonds. The molecule has 4 nitrogen and oxygen atoms in total. The van der Waals surface area contributed by atoms with E-state index in [0.29, 0.717) is 0 Å². The summed E-state index contributed by atoms with van der Waals surface area (Å²) in [6.45, 7) is 5.88. The standard InChI is InChI=1S/C12H18N2O2/c1-8(2)10(12(15)16-4)14-11-9(3)6-5-7-13-11/h5-8,10H,1-4H3,(H,13,14). The minimum Gasteiger partial charge on any atom is -0.467 e. The van der Waals surface area contributed by atoms with Crippen LogP contribution in [0.25, 0.3) is 0 Å². The van der Waals surface area contributed by atoms with E-state index in [4.69, 9.17) is 4.74 Å². The Labute approximate surface area is 96.0 Å². The zero-order chi connectivity index (χ0) is 12.1. The van der Waals surface area contributed by atoms with E-state index in [2.05, 4.69) is 10.3 Å². The van der Waals surface area contributed by atoms with E-state index >= 15 is 0 Å². The molecule has 16 heavy (non-hydrogen) atoms. The fraction of sp³-hybridized carbons (Fsp3) is 0.500.